The van der Waals surface area contributed by atoms with Gasteiger partial charge in [0.25, 0.3) is 5.91 Å². The van der Waals surface area contributed by atoms with E-state index in [0.717, 1.165) is 60.4 Å². The van der Waals surface area contributed by atoms with E-state index >= 15 is 0 Å². The number of hydrogen-bond acceptors (Lipinski definition) is 5. The van der Waals surface area contributed by atoms with Crippen molar-refractivity contribution < 1.29 is 13.6 Å². The Morgan fingerprint density at radius 1 is 1.06 bits per heavy atom. The third-order valence-corrected chi connectivity index (χ3v) is 6.74. The molecular formula is C24H22F2N7O. The van der Waals surface area contributed by atoms with E-state index < -0.39 is 11.6 Å². The van der Waals surface area contributed by atoms with Crippen molar-refractivity contribution in [2.75, 3.05) is 26.2 Å². The summed E-state index contributed by atoms with van der Waals surface area (Å²) in [5.41, 5.74) is 2.79. The van der Waals surface area contributed by atoms with Crippen LogP contribution in [0, 0.1) is 17.7 Å². The lowest BCUT2D eigenvalue weighted by atomic mass is 9.97. The molecule has 8 nitrogen and oxygen atoms in total. The molecule has 2 aliphatic rings. The number of rotatable bonds is 4. The SMILES string of the molecule is O=C(c1ccc(F)c(F)c1)N1CCC(N2C[C](n3cc(-c4ncnc5[nH]ccc45)cn3)C2)CC1. The first kappa shape index (κ1) is 20.9. The molecule has 3 aromatic heterocycles. The first-order valence-corrected chi connectivity index (χ1v) is 11.2. The number of benzene rings is 1. The summed E-state index contributed by atoms with van der Waals surface area (Å²) in [5, 5.41) is 5.50. The number of hydrogen-bond donors (Lipinski definition) is 1. The Kier molecular flexibility index (Phi) is 5.09. The van der Waals surface area contributed by atoms with E-state index in [1.807, 2.05) is 29.3 Å². The zero-order chi connectivity index (χ0) is 23.2. The highest BCUT2D eigenvalue weighted by atomic mass is 19.2. The minimum absolute atomic E-state index is 0.187. The molecule has 0 saturated carbocycles. The number of carbonyl (C=O) groups excluding carboxylic acids is 1. The van der Waals surface area contributed by atoms with Gasteiger partial charge in [-0.1, -0.05) is 0 Å². The van der Waals surface area contributed by atoms with Crippen LogP contribution in [0.1, 0.15) is 23.2 Å². The monoisotopic (exact) mass is 462 g/mol. The number of H-pyrrole nitrogens is 1. The minimum atomic E-state index is -0.997. The Morgan fingerprint density at radius 3 is 2.68 bits per heavy atom. The number of aromatic nitrogens is 5. The summed E-state index contributed by atoms with van der Waals surface area (Å²) in [5.74, 6) is -2.19. The number of piperidine rings is 1. The molecule has 6 rings (SSSR count). The van der Waals surface area contributed by atoms with Gasteiger partial charge in [-0.2, -0.15) is 5.10 Å². The summed E-state index contributed by atoms with van der Waals surface area (Å²) >= 11 is 0. The van der Waals surface area contributed by atoms with Gasteiger partial charge in [-0.25, -0.2) is 18.7 Å². The Bertz CT molecular complexity index is 1350. The van der Waals surface area contributed by atoms with Crippen LogP contribution in [-0.4, -0.2) is 72.7 Å². The predicted octanol–water partition coefficient (Wildman–Crippen LogP) is 3.10. The van der Waals surface area contributed by atoms with Crippen LogP contribution in [0.5, 0.6) is 0 Å². The molecule has 4 aromatic rings. The van der Waals surface area contributed by atoms with E-state index in [2.05, 4.69) is 25.0 Å². The van der Waals surface area contributed by atoms with Gasteiger partial charge in [0.1, 0.15) is 18.0 Å². The van der Waals surface area contributed by atoms with Crippen LogP contribution < -0.4 is 0 Å². The molecule has 1 aromatic carbocycles. The van der Waals surface area contributed by atoms with Gasteiger partial charge in [0.15, 0.2) is 11.6 Å². The summed E-state index contributed by atoms with van der Waals surface area (Å²) in [6.07, 6.45) is 8.92. The lowest BCUT2D eigenvalue weighted by Crippen LogP contribution is -2.56. The van der Waals surface area contributed by atoms with Gasteiger partial charge in [-0.05, 0) is 37.1 Å². The maximum atomic E-state index is 13.5. The normalized spacial score (nSPS) is 17.9. The maximum Gasteiger partial charge on any atom is 0.253 e. The summed E-state index contributed by atoms with van der Waals surface area (Å²) in [6.45, 7) is 2.85. The van der Waals surface area contributed by atoms with Crippen LogP contribution in [-0.2, 0) is 0 Å². The molecule has 34 heavy (non-hydrogen) atoms. The zero-order valence-corrected chi connectivity index (χ0v) is 18.3. The van der Waals surface area contributed by atoms with Gasteiger partial charge in [0.2, 0.25) is 0 Å². The predicted molar refractivity (Wildman–Crippen MR) is 121 cm³/mol. The van der Waals surface area contributed by atoms with Gasteiger partial charge in [0, 0.05) is 61.1 Å². The highest BCUT2D eigenvalue weighted by Gasteiger charge is 2.37. The van der Waals surface area contributed by atoms with E-state index in [9.17, 15) is 13.6 Å². The first-order valence-electron chi connectivity index (χ1n) is 11.2. The summed E-state index contributed by atoms with van der Waals surface area (Å²) in [7, 11) is 0. The zero-order valence-electron chi connectivity index (χ0n) is 18.3. The van der Waals surface area contributed by atoms with Crippen molar-refractivity contribution in [1.82, 2.24) is 34.5 Å². The second-order valence-electron chi connectivity index (χ2n) is 8.76. The number of amides is 1. The molecule has 1 N–H and O–H groups in total. The highest BCUT2D eigenvalue weighted by Crippen LogP contribution is 2.30. The molecular weight excluding hydrogens is 440 g/mol. The summed E-state index contributed by atoms with van der Waals surface area (Å²) in [4.78, 5) is 28.5. The van der Waals surface area contributed by atoms with Crippen molar-refractivity contribution in [3.8, 4) is 11.3 Å². The second kappa shape index (κ2) is 8.28. The van der Waals surface area contributed by atoms with Crippen molar-refractivity contribution in [2.45, 2.75) is 18.9 Å². The molecule has 0 unspecified atom stereocenters. The number of likely N-dealkylation sites (tertiary alicyclic amines) is 2. The Labute approximate surface area is 194 Å². The molecule has 173 valence electrons. The fourth-order valence-corrected chi connectivity index (χ4v) is 4.79. The Balaban J connectivity index is 1.05. The van der Waals surface area contributed by atoms with Gasteiger partial charge < -0.3 is 9.88 Å². The Hall–Kier alpha value is -3.66. The molecule has 2 aliphatic heterocycles. The molecule has 0 spiro atoms. The van der Waals surface area contributed by atoms with Crippen LogP contribution in [0.15, 0.2) is 49.2 Å². The van der Waals surface area contributed by atoms with E-state index in [1.165, 1.54) is 12.1 Å². The molecule has 0 bridgehead atoms. The van der Waals surface area contributed by atoms with Crippen molar-refractivity contribution in [1.29, 1.82) is 0 Å². The number of fused-ring (bicyclic) bond motifs is 1. The topological polar surface area (TPSA) is 82.9 Å². The first-order chi connectivity index (χ1) is 16.6. The largest absolute Gasteiger partial charge is 0.346 e. The summed E-state index contributed by atoms with van der Waals surface area (Å²) < 4.78 is 28.6. The molecule has 1 amide bonds. The molecule has 0 aliphatic carbocycles. The summed E-state index contributed by atoms with van der Waals surface area (Å²) in [6, 6.07) is 6.87. The minimum Gasteiger partial charge on any atom is -0.346 e. The number of nitrogens with zero attached hydrogens (tertiary/aromatic N) is 6. The molecule has 0 atom stereocenters. The number of carbonyl (C=O) groups is 1. The lowest BCUT2D eigenvalue weighted by molar-refractivity contribution is 0.0514. The molecule has 10 heteroatoms. The van der Waals surface area contributed by atoms with Gasteiger partial charge in [0.05, 0.1) is 11.9 Å². The van der Waals surface area contributed by atoms with E-state index in [-0.39, 0.29) is 11.5 Å². The van der Waals surface area contributed by atoms with Crippen LogP contribution >= 0.6 is 0 Å². The fraction of sp³-hybridized carbons (Fsp3) is 0.292. The third-order valence-electron chi connectivity index (χ3n) is 6.74. The quantitative estimate of drug-likeness (QED) is 0.504. The van der Waals surface area contributed by atoms with Crippen molar-refractivity contribution >= 4 is 16.9 Å². The standard InChI is InChI=1S/C24H22F2N7O/c25-20-2-1-15(9-21(20)26)24(34)31-7-4-17(5-8-31)32-12-18(13-32)33-11-16(10-30-33)22-19-3-6-27-23(19)29-14-28-22/h1-3,6,9-11,14,17H,4-5,7-8,12-13H2,(H,27,28,29). The van der Waals surface area contributed by atoms with E-state index in [4.69, 9.17) is 0 Å². The van der Waals surface area contributed by atoms with E-state index in [1.54, 1.807) is 11.2 Å². The molecule has 2 fully saturated rings. The van der Waals surface area contributed by atoms with Gasteiger partial charge in [-0.3, -0.25) is 14.4 Å². The maximum absolute atomic E-state index is 13.5. The van der Waals surface area contributed by atoms with Crippen molar-refractivity contribution in [3.05, 3.63) is 72.4 Å². The molecule has 2 saturated heterocycles. The molecule has 5 heterocycles. The van der Waals surface area contributed by atoms with Crippen LogP contribution in [0.2, 0.25) is 0 Å². The highest BCUT2D eigenvalue weighted by molar-refractivity contribution is 5.94. The van der Waals surface area contributed by atoms with Crippen molar-refractivity contribution in [2.24, 2.45) is 0 Å². The fourth-order valence-electron chi connectivity index (χ4n) is 4.79. The number of halogens is 2. The van der Waals surface area contributed by atoms with E-state index in [0.29, 0.717) is 19.1 Å². The third kappa shape index (κ3) is 3.63. The van der Waals surface area contributed by atoms with Crippen molar-refractivity contribution in [3.63, 3.8) is 0 Å². The second-order valence-corrected chi connectivity index (χ2v) is 8.76. The number of nitrogens with one attached hydrogen (secondary N) is 1. The lowest BCUT2D eigenvalue weighted by Gasteiger charge is -2.46. The van der Waals surface area contributed by atoms with Crippen LogP contribution in [0.4, 0.5) is 8.78 Å². The smallest absolute Gasteiger partial charge is 0.253 e. The number of aromatic amines is 1. The van der Waals surface area contributed by atoms with Crippen LogP contribution in [0.3, 0.4) is 0 Å². The average molecular weight is 462 g/mol. The van der Waals surface area contributed by atoms with Gasteiger partial charge >= 0.3 is 0 Å². The van der Waals surface area contributed by atoms with Gasteiger partial charge in [-0.15, -0.1) is 0 Å². The average Bonchev–Trinajstić information content (AvgIpc) is 3.50. The Morgan fingerprint density at radius 2 is 1.88 bits per heavy atom. The molecule has 1 radical (unpaired) electrons. The van der Waals surface area contributed by atoms with Crippen LogP contribution in [0.25, 0.3) is 22.3 Å².